The summed E-state index contributed by atoms with van der Waals surface area (Å²) in [4.78, 5) is 0. The van der Waals surface area contributed by atoms with Gasteiger partial charge in [-0.25, -0.2) is 4.39 Å². The monoisotopic (exact) mass is 261 g/mol. The molecule has 100 valence electrons. The van der Waals surface area contributed by atoms with Crippen molar-refractivity contribution in [3.05, 3.63) is 35.9 Å². The first kappa shape index (κ1) is 12.2. The molecule has 1 aromatic carbocycles. The van der Waals surface area contributed by atoms with Crippen molar-refractivity contribution in [3.8, 4) is 5.69 Å². The van der Waals surface area contributed by atoms with Crippen LogP contribution in [0.25, 0.3) is 5.69 Å². The maximum Gasteiger partial charge on any atom is 0.156 e. The molecule has 5 nitrogen and oxygen atoms in total. The molecule has 0 radical (unpaired) electrons. The molecule has 1 aliphatic rings. The fourth-order valence-corrected chi connectivity index (χ4v) is 2.46. The predicted molar refractivity (Wildman–Crippen MR) is 68.4 cm³/mol. The number of aromatic nitrogens is 4. The number of nitrogens with zero attached hydrogens (tertiary/aromatic N) is 4. The van der Waals surface area contributed by atoms with Gasteiger partial charge in [-0.15, -0.1) is 5.10 Å². The smallest absolute Gasteiger partial charge is 0.156 e. The minimum Gasteiger partial charge on any atom is -0.317 e. The zero-order chi connectivity index (χ0) is 13.1. The Morgan fingerprint density at radius 3 is 2.68 bits per heavy atom. The molecule has 0 spiro atoms. The van der Waals surface area contributed by atoms with E-state index in [4.69, 9.17) is 0 Å². The fraction of sp³-hybridized carbons (Fsp3) is 0.462. The van der Waals surface area contributed by atoms with Gasteiger partial charge in [0.05, 0.1) is 5.69 Å². The summed E-state index contributed by atoms with van der Waals surface area (Å²) in [6, 6.07) is 6.23. The van der Waals surface area contributed by atoms with Crippen molar-refractivity contribution in [2.75, 3.05) is 13.1 Å². The number of benzene rings is 1. The Morgan fingerprint density at radius 1 is 1.21 bits per heavy atom. The molecule has 0 amide bonds. The molecule has 1 fully saturated rings. The van der Waals surface area contributed by atoms with Crippen molar-refractivity contribution < 1.29 is 4.39 Å². The number of hydrogen-bond acceptors (Lipinski definition) is 4. The third kappa shape index (κ3) is 2.78. The molecule has 1 aliphatic heterocycles. The normalized spacial score (nSPS) is 16.7. The summed E-state index contributed by atoms with van der Waals surface area (Å²) in [6.07, 6.45) is 3.17. The Balaban J connectivity index is 1.79. The van der Waals surface area contributed by atoms with Crippen LogP contribution in [-0.2, 0) is 6.42 Å². The topological polar surface area (TPSA) is 55.6 Å². The van der Waals surface area contributed by atoms with Crippen LogP contribution in [0.15, 0.2) is 24.3 Å². The summed E-state index contributed by atoms with van der Waals surface area (Å²) in [5.74, 6) is 1.21. The molecule has 0 aliphatic carbocycles. The van der Waals surface area contributed by atoms with Gasteiger partial charge < -0.3 is 5.32 Å². The Hall–Kier alpha value is -1.82. The third-order valence-corrected chi connectivity index (χ3v) is 3.54. The SMILES string of the molecule is Fc1ccc(-n2nnnc2CC2CCNCC2)cc1. The average molecular weight is 261 g/mol. The molecule has 0 bridgehead atoms. The first-order chi connectivity index (χ1) is 9.33. The van der Waals surface area contributed by atoms with Crippen LogP contribution < -0.4 is 5.32 Å². The maximum absolute atomic E-state index is 12.9. The Bertz CT molecular complexity index is 530. The van der Waals surface area contributed by atoms with E-state index >= 15 is 0 Å². The van der Waals surface area contributed by atoms with E-state index in [0.29, 0.717) is 5.92 Å². The maximum atomic E-state index is 12.9. The Labute approximate surface area is 110 Å². The largest absolute Gasteiger partial charge is 0.317 e. The van der Waals surface area contributed by atoms with Crippen molar-refractivity contribution in [2.45, 2.75) is 19.3 Å². The van der Waals surface area contributed by atoms with E-state index in [-0.39, 0.29) is 5.82 Å². The van der Waals surface area contributed by atoms with Crippen LogP contribution in [0.4, 0.5) is 4.39 Å². The Kier molecular flexibility index (Phi) is 3.50. The van der Waals surface area contributed by atoms with Crippen LogP contribution in [0.1, 0.15) is 18.7 Å². The molecule has 1 N–H and O–H groups in total. The number of nitrogens with one attached hydrogen (secondary N) is 1. The van der Waals surface area contributed by atoms with E-state index in [1.54, 1.807) is 16.8 Å². The van der Waals surface area contributed by atoms with Crippen LogP contribution in [-0.4, -0.2) is 33.3 Å². The highest BCUT2D eigenvalue weighted by Gasteiger charge is 2.18. The number of halogens is 1. The van der Waals surface area contributed by atoms with Crippen molar-refractivity contribution >= 4 is 0 Å². The van der Waals surface area contributed by atoms with E-state index in [9.17, 15) is 4.39 Å². The lowest BCUT2D eigenvalue weighted by atomic mass is 9.94. The van der Waals surface area contributed by atoms with E-state index in [1.165, 1.54) is 12.1 Å². The van der Waals surface area contributed by atoms with Crippen molar-refractivity contribution in [1.29, 1.82) is 0 Å². The molecule has 2 heterocycles. The quantitative estimate of drug-likeness (QED) is 0.906. The van der Waals surface area contributed by atoms with Crippen LogP contribution in [0.2, 0.25) is 0 Å². The number of tetrazole rings is 1. The minimum absolute atomic E-state index is 0.253. The summed E-state index contributed by atoms with van der Waals surface area (Å²) in [5, 5.41) is 15.2. The van der Waals surface area contributed by atoms with Crippen molar-refractivity contribution in [2.24, 2.45) is 5.92 Å². The van der Waals surface area contributed by atoms with Crippen LogP contribution in [0.3, 0.4) is 0 Å². The van der Waals surface area contributed by atoms with Gasteiger partial charge in [0.2, 0.25) is 0 Å². The molecular weight excluding hydrogens is 245 g/mol. The molecule has 0 unspecified atom stereocenters. The second-order valence-corrected chi connectivity index (χ2v) is 4.88. The summed E-state index contributed by atoms with van der Waals surface area (Å²) >= 11 is 0. The molecule has 1 aromatic heterocycles. The van der Waals surface area contributed by atoms with Gasteiger partial charge in [-0.1, -0.05) is 0 Å². The number of rotatable bonds is 3. The van der Waals surface area contributed by atoms with Gasteiger partial charge in [-0.05, 0) is 66.5 Å². The molecule has 2 aromatic rings. The molecule has 1 saturated heterocycles. The lowest BCUT2D eigenvalue weighted by Crippen LogP contribution is -2.29. The van der Waals surface area contributed by atoms with Gasteiger partial charge in [0.15, 0.2) is 5.82 Å². The highest BCUT2D eigenvalue weighted by molar-refractivity contribution is 5.31. The van der Waals surface area contributed by atoms with Gasteiger partial charge in [-0.2, -0.15) is 4.68 Å². The predicted octanol–water partition coefficient (Wildman–Crippen LogP) is 1.34. The highest BCUT2D eigenvalue weighted by Crippen LogP contribution is 2.18. The van der Waals surface area contributed by atoms with Gasteiger partial charge >= 0.3 is 0 Å². The first-order valence-electron chi connectivity index (χ1n) is 6.57. The standard InChI is InChI=1S/C13H16FN5/c14-11-1-3-12(4-2-11)19-13(16-17-18-19)9-10-5-7-15-8-6-10/h1-4,10,15H,5-9H2. The Morgan fingerprint density at radius 2 is 1.95 bits per heavy atom. The second-order valence-electron chi connectivity index (χ2n) is 4.88. The lowest BCUT2D eigenvalue weighted by molar-refractivity contribution is 0.365. The summed E-state index contributed by atoms with van der Waals surface area (Å²) in [6.45, 7) is 2.12. The number of piperidine rings is 1. The molecule has 0 atom stereocenters. The van der Waals surface area contributed by atoms with E-state index < -0.39 is 0 Å². The molecule has 6 heteroatoms. The van der Waals surface area contributed by atoms with Gasteiger partial charge in [0.25, 0.3) is 0 Å². The first-order valence-corrected chi connectivity index (χ1v) is 6.57. The summed E-state index contributed by atoms with van der Waals surface area (Å²) < 4.78 is 14.6. The van der Waals surface area contributed by atoms with E-state index in [2.05, 4.69) is 20.8 Å². The second kappa shape index (κ2) is 5.44. The minimum atomic E-state index is -0.253. The van der Waals surface area contributed by atoms with E-state index in [1.807, 2.05) is 0 Å². The molecule has 0 saturated carbocycles. The molecular formula is C13H16FN5. The van der Waals surface area contributed by atoms with Crippen LogP contribution >= 0.6 is 0 Å². The number of hydrogen-bond donors (Lipinski definition) is 1. The van der Waals surface area contributed by atoms with Crippen LogP contribution in [0, 0.1) is 11.7 Å². The summed E-state index contributed by atoms with van der Waals surface area (Å²) in [7, 11) is 0. The fourth-order valence-electron chi connectivity index (χ4n) is 2.46. The van der Waals surface area contributed by atoms with Gasteiger partial charge in [0, 0.05) is 6.42 Å². The van der Waals surface area contributed by atoms with Crippen molar-refractivity contribution in [3.63, 3.8) is 0 Å². The van der Waals surface area contributed by atoms with Gasteiger partial charge in [0.1, 0.15) is 5.82 Å². The van der Waals surface area contributed by atoms with Gasteiger partial charge in [-0.3, -0.25) is 0 Å². The zero-order valence-electron chi connectivity index (χ0n) is 10.6. The average Bonchev–Trinajstić information content (AvgIpc) is 2.89. The third-order valence-electron chi connectivity index (χ3n) is 3.54. The summed E-state index contributed by atoms with van der Waals surface area (Å²) in [5.41, 5.74) is 0.801. The highest BCUT2D eigenvalue weighted by atomic mass is 19.1. The van der Waals surface area contributed by atoms with Crippen LogP contribution in [0.5, 0.6) is 0 Å². The van der Waals surface area contributed by atoms with Crippen molar-refractivity contribution in [1.82, 2.24) is 25.5 Å². The molecule has 19 heavy (non-hydrogen) atoms. The molecule has 3 rings (SSSR count). The van der Waals surface area contributed by atoms with E-state index in [0.717, 1.165) is 43.9 Å². The zero-order valence-corrected chi connectivity index (χ0v) is 10.6. The lowest BCUT2D eigenvalue weighted by Gasteiger charge is -2.21.